The number of methoxy groups -OCH3 is 1. The quantitative estimate of drug-likeness (QED) is 0.730. The van der Waals surface area contributed by atoms with Crippen LogP contribution in [0.4, 0.5) is 13.6 Å². The third kappa shape index (κ3) is 5.63. The number of carbonyl (C=O) groups excluding carboxylic acids is 2. The summed E-state index contributed by atoms with van der Waals surface area (Å²) in [5.74, 6) is -6.70. The summed E-state index contributed by atoms with van der Waals surface area (Å²) in [7, 11) is 1.08. The van der Waals surface area contributed by atoms with Crippen molar-refractivity contribution in [1.82, 2.24) is 5.32 Å². The van der Waals surface area contributed by atoms with Crippen molar-refractivity contribution < 1.29 is 32.6 Å². The highest BCUT2D eigenvalue weighted by atomic mass is 19.3. The number of hydrogen-bond donors (Lipinski definition) is 1. The van der Waals surface area contributed by atoms with Gasteiger partial charge in [-0.05, 0) is 26.3 Å². The maximum Gasteiger partial charge on any atom is 0.408 e. The molecule has 0 radical (unpaired) electrons. The molecular formula is C19H25F2NO5. The Morgan fingerprint density at radius 3 is 2.41 bits per heavy atom. The molecule has 1 amide bonds. The Morgan fingerprint density at radius 2 is 1.85 bits per heavy atom. The van der Waals surface area contributed by atoms with Gasteiger partial charge in [0.2, 0.25) is 0 Å². The molecule has 1 aromatic rings. The van der Waals surface area contributed by atoms with E-state index in [9.17, 15) is 18.4 Å². The van der Waals surface area contributed by atoms with E-state index in [1.807, 2.05) is 30.3 Å². The standard InChI is InChI=1S/C19H25F2NO5/c1-18(2,3)27-17(24)22-15(16(23)25-4)14-13(19(14,20)21)11-26-10-12-8-6-5-7-9-12/h5-9,13-15H,10-11H2,1-4H3,(H,22,24)/t13-,14+,15+/m1/s1. The van der Waals surface area contributed by atoms with Crippen LogP contribution in [0.1, 0.15) is 26.3 Å². The van der Waals surface area contributed by atoms with Crippen LogP contribution in [0.3, 0.4) is 0 Å². The van der Waals surface area contributed by atoms with Gasteiger partial charge in [-0.3, -0.25) is 0 Å². The Hall–Kier alpha value is -2.22. The molecule has 0 saturated heterocycles. The van der Waals surface area contributed by atoms with Crippen LogP contribution in [-0.2, 0) is 25.6 Å². The van der Waals surface area contributed by atoms with Gasteiger partial charge in [-0.25, -0.2) is 18.4 Å². The van der Waals surface area contributed by atoms with Gasteiger partial charge in [0, 0.05) is 0 Å². The molecule has 1 N–H and O–H groups in total. The van der Waals surface area contributed by atoms with E-state index in [-0.39, 0.29) is 13.2 Å². The Kier molecular flexibility index (Phi) is 6.41. The highest BCUT2D eigenvalue weighted by Crippen LogP contribution is 2.57. The first-order valence-electron chi connectivity index (χ1n) is 8.63. The number of nitrogens with one attached hydrogen (secondary N) is 1. The Bertz CT molecular complexity index is 660. The lowest BCUT2D eigenvalue weighted by Crippen LogP contribution is -2.46. The first-order valence-corrected chi connectivity index (χ1v) is 8.63. The van der Waals surface area contributed by atoms with Crippen molar-refractivity contribution in [3.05, 3.63) is 35.9 Å². The number of halogens is 2. The van der Waals surface area contributed by atoms with Crippen LogP contribution < -0.4 is 5.32 Å². The van der Waals surface area contributed by atoms with E-state index in [0.717, 1.165) is 12.7 Å². The van der Waals surface area contributed by atoms with Gasteiger partial charge in [0.1, 0.15) is 11.6 Å². The zero-order chi connectivity index (χ0) is 20.2. The zero-order valence-corrected chi connectivity index (χ0v) is 15.8. The number of esters is 1. The van der Waals surface area contributed by atoms with Crippen LogP contribution in [-0.4, -0.2) is 43.3 Å². The lowest BCUT2D eigenvalue weighted by atomic mass is 10.1. The third-order valence-corrected chi connectivity index (χ3v) is 4.16. The van der Waals surface area contributed by atoms with Crippen molar-refractivity contribution in [2.24, 2.45) is 11.8 Å². The number of benzene rings is 1. The Morgan fingerprint density at radius 1 is 1.22 bits per heavy atom. The number of carbonyl (C=O) groups is 2. The van der Waals surface area contributed by atoms with E-state index in [0.29, 0.717) is 0 Å². The zero-order valence-electron chi connectivity index (χ0n) is 15.8. The minimum Gasteiger partial charge on any atom is -0.467 e. The van der Waals surface area contributed by atoms with E-state index >= 15 is 0 Å². The van der Waals surface area contributed by atoms with Crippen molar-refractivity contribution in [2.75, 3.05) is 13.7 Å². The smallest absolute Gasteiger partial charge is 0.408 e. The molecule has 0 heterocycles. The van der Waals surface area contributed by atoms with Crippen LogP contribution in [0.2, 0.25) is 0 Å². The molecule has 150 valence electrons. The normalized spacial score (nSPS) is 21.9. The van der Waals surface area contributed by atoms with Crippen LogP contribution in [0.15, 0.2) is 30.3 Å². The largest absolute Gasteiger partial charge is 0.467 e. The molecule has 1 aromatic carbocycles. The summed E-state index contributed by atoms with van der Waals surface area (Å²) in [6.07, 6.45) is -0.954. The van der Waals surface area contributed by atoms with Gasteiger partial charge < -0.3 is 19.5 Å². The fourth-order valence-corrected chi connectivity index (χ4v) is 2.82. The molecule has 0 bridgehead atoms. The molecule has 2 rings (SSSR count). The SMILES string of the molecule is COC(=O)[C@@H](NC(=O)OC(C)(C)C)[C@@H]1[C@@H](COCc2ccccc2)C1(F)F. The van der Waals surface area contributed by atoms with E-state index in [1.165, 1.54) is 0 Å². The number of rotatable bonds is 7. The highest BCUT2D eigenvalue weighted by molar-refractivity contribution is 5.82. The molecular weight excluding hydrogens is 360 g/mol. The van der Waals surface area contributed by atoms with Gasteiger partial charge in [0.05, 0.1) is 32.2 Å². The Labute approximate surface area is 157 Å². The maximum absolute atomic E-state index is 14.2. The van der Waals surface area contributed by atoms with E-state index in [1.54, 1.807) is 20.8 Å². The first-order chi connectivity index (χ1) is 12.6. The molecule has 1 fully saturated rings. The first kappa shape index (κ1) is 21.1. The summed E-state index contributed by atoms with van der Waals surface area (Å²) in [4.78, 5) is 23.9. The van der Waals surface area contributed by atoms with Gasteiger partial charge in [-0.1, -0.05) is 30.3 Å². The lowest BCUT2D eigenvalue weighted by molar-refractivity contribution is -0.144. The van der Waals surface area contributed by atoms with E-state index in [4.69, 9.17) is 9.47 Å². The number of alkyl carbamates (subject to hydrolysis) is 1. The Balaban J connectivity index is 1.98. The second-order valence-corrected chi connectivity index (χ2v) is 7.45. The fourth-order valence-electron chi connectivity index (χ4n) is 2.82. The molecule has 0 aromatic heterocycles. The average molecular weight is 385 g/mol. The number of amides is 1. The van der Waals surface area contributed by atoms with E-state index in [2.05, 4.69) is 10.1 Å². The molecule has 1 aliphatic rings. The monoisotopic (exact) mass is 385 g/mol. The minimum atomic E-state index is -3.15. The summed E-state index contributed by atoms with van der Waals surface area (Å²) < 4.78 is 43.5. The van der Waals surface area contributed by atoms with Crippen LogP contribution in [0, 0.1) is 11.8 Å². The molecule has 0 aliphatic heterocycles. The summed E-state index contributed by atoms with van der Waals surface area (Å²) >= 11 is 0. The predicted octanol–water partition coefficient (Wildman–Crippen LogP) is 3.15. The molecule has 27 heavy (non-hydrogen) atoms. The van der Waals surface area contributed by atoms with Crippen LogP contribution >= 0.6 is 0 Å². The fraction of sp³-hybridized carbons (Fsp3) is 0.579. The van der Waals surface area contributed by atoms with Crippen molar-refractivity contribution in [1.29, 1.82) is 0 Å². The maximum atomic E-state index is 14.2. The number of hydrogen-bond acceptors (Lipinski definition) is 5. The predicted molar refractivity (Wildman–Crippen MR) is 93.2 cm³/mol. The van der Waals surface area contributed by atoms with Gasteiger partial charge in [-0.15, -0.1) is 0 Å². The van der Waals surface area contributed by atoms with Gasteiger partial charge in [-0.2, -0.15) is 0 Å². The average Bonchev–Trinajstić information content (AvgIpc) is 3.11. The van der Waals surface area contributed by atoms with Gasteiger partial charge in [0.25, 0.3) is 5.92 Å². The number of alkyl halides is 2. The van der Waals surface area contributed by atoms with Crippen LogP contribution in [0.5, 0.6) is 0 Å². The highest BCUT2D eigenvalue weighted by Gasteiger charge is 2.72. The molecule has 0 unspecified atom stereocenters. The van der Waals surface area contributed by atoms with Crippen molar-refractivity contribution in [2.45, 2.75) is 44.9 Å². The summed E-state index contributed by atoms with van der Waals surface area (Å²) in [6.45, 7) is 4.83. The van der Waals surface area contributed by atoms with Gasteiger partial charge >= 0.3 is 12.1 Å². The topological polar surface area (TPSA) is 73.9 Å². The van der Waals surface area contributed by atoms with Crippen molar-refractivity contribution in [3.8, 4) is 0 Å². The number of ether oxygens (including phenoxy) is 3. The minimum absolute atomic E-state index is 0.183. The second kappa shape index (κ2) is 8.21. The molecule has 8 heteroatoms. The van der Waals surface area contributed by atoms with Gasteiger partial charge in [0.15, 0.2) is 0 Å². The summed E-state index contributed by atoms with van der Waals surface area (Å²) in [5.41, 5.74) is 0.0316. The van der Waals surface area contributed by atoms with Crippen molar-refractivity contribution in [3.63, 3.8) is 0 Å². The summed E-state index contributed by atoms with van der Waals surface area (Å²) in [6, 6.07) is 7.63. The molecule has 1 aliphatic carbocycles. The molecule has 6 nitrogen and oxygen atoms in total. The molecule has 1 saturated carbocycles. The lowest BCUT2D eigenvalue weighted by Gasteiger charge is -2.22. The second-order valence-electron chi connectivity index (χ2n) is 7.45. The molecule has 3 atom stereocenters. The molecule has 0 spiro atoms. The van der Waals surface area contributed by atoms with Crippen molar-refractivity contribution >= 4 is 12.1 Å². The third-order valence-electron chi connectivity index (χ3n) is 4.16. The van der Waals surface area contributed by atoms with E-state index < -0.39 is 41.5 Å². The van der Waals surface area contributed by atoms with Crippen LogP contribution in [0.25, 0.3) is 0 Å². The summed E-state index contributed by atoms with van der Waals surface area (Å²) in [5, 5.41) is 2.21.